The van der Waals surface area contributed by atoms with Crippen molar-refractivity contribution in [1.29, 1.82) is 0 Å². The Bertz CT molecular complexity index is 617. The first kappa shape index (κ1) is 15.6. The van der Waals surface area contributed by atoms with Crippen LogP contribution in [0.25, 0.3) is 0 Å². The monoisotopic (exact) mass is 318 g/mol. The number of carbonyl (C=O) groups is 1. The molecule has 0 heterocycles. The zero-order valence-corrected chi connectivity index (χ0v) is 12.9. The first-order valence-electron chi connectivity index (χ1n) is 6.44. The summed E-state index contributed by atoms with van der Waals surface area (Å²) in [4.78, 5) is 11.6. The molecule has 3 nitrogen and oxygen atoms in total. The molecule has 1 amide bonds. The minimum Gasteiger partial charge on any atom is -0.272 e. The summed E-state index contributed by atoms with van der Waals surface area (Å²) < 4.78 is 0. The van der Waals surface area contributed by atoms with Crippen LogP contribution in [0.1, 0.15) is 11.1 Å². The molecule has 2 aromatic carbocycles. The van der Waals surface area contributed by atoms with Crippen LogP contribution in [0.4, 0.5) is 0 Å². The molecule has 0 bridgehead atoms. The lowest BCUT2D eigenvalue weighted by Gasteiger charge is -2.03. The number of rotatable bonds is 6. The summed E-state index contributed by atoms with van der Waals surface area (Å²) >= 11 is 7.56. The van der Waals surface area contributed by atoms with Crippen LogP contribution in [-0.2, 0) is 10.5 Å². The second-order valence-corrected chi connectivity index (χ2v) is 5.68. The summed E-state index contributed by atoms with van der Waals surface area (Å²) in [6.07, 6.45) is 1.62. The van der Waals surface area contributed by atoms with Crippen LogP contribution in [0.5, 0.6) is 0 Å². The van der Waals surface area contributed by atoms with E-state index in [0.29, 0.717) is 11.5 Å². The highest BCUT2D eigenvalue weighted by Gasteiger charge is 2.02. The van der Waals surface area contributed by atoms with E-state index in [9.17, 15) is 4.79 Å². The third-order valence-corrected chi connectivity index (χ3v) is 4.00. The average molecular weight is 319 g/mol. The van der Waals surface area contributed by atoms with Gasteiger partial charge in [-0.3, -0.25) is 4.79 Å². The number of hydrogen-bond acceptors (Lipinski definition) is 3. The van der Waals surface area contributed by atoms with Crippen molar-refractivity contribution in [3.63, 3.8) is 0 Å². The number of thioether (sulfide) groups is 1. The van der Waals surface area contributed by atoms with Gasteiger partial charge in [0.25, 0.3) is 0 Å². The van der Waals surface area contributed by atoms with E-state index < -0.39 is 0 Å². The number of hydrogen-bond donors (Lipinski definition) is 1. The molecule has 108 valence electrons. The zero-order chi connectivity index (χ0) is 14.9. The largest absolute Gasteiger partial charge is 0.272 e. The Morgan fingerprint density at radius 2 is 1.86 bits per heavy atom. The fraction of sp³-hybridized carbons (Fsp3) is 0.125. The van der Waals surface area contributed by atoms with Crippen LogP contribution in [0, 0.1) is 0 Å². The second kappa shape index (κ2) is 8.49. The number of nitrogens with one attached hydrogen (secondary N) is 1. The van der Waals surface area contributed by atoms with E-state index in [1.54, 1.807) is 6.21 Å². The van der Waals surface area contributed by atoms with E-state index in [2.05, 4.69) is 10.5 Å². The molecule has 0 aliphatic carbocycles. The van der Waals surface area contributed by atoms with Crippen LogP contribution in [-0.4, -0.2) is 17.9 Å². The molecule has 0 unspecified atom stereocenters. The summed E-state index contributed by atoms with van der Waals surface area (Å²) in [5.74, 6) is 0.923. The Kier molecular flexibility index (Phi) is 6.31. The van der Waals surface area contributed by atoms with E-state index in [-0.39, 0.29) is 5.91 Å². The molecule has 5 heteroatoms. The molecule has 0 aliphatic heterocycles. The molecule has 0 atom stereocenters. The molecule has 21 heavy (non-hydrogen) atoms. The fourth-order valence-corrected chi connectivity index (χ4v) is 2.72. The summed E-state index contributed by atoms with van der Waals surface area (Å²) in [6.45, 7) is 0. The van der Waals surface area contributed by atoms with Crippen LogP contribution >= 0.6 is 23.4 Å². The molecule has 0 radical (unpaired) electrons. The number of amides is 1. The number of carbonyl (C=O) groups excluding carboxylic acids is 1. The standard InChI is InChI=1S/C16H15ClN2OS/c17-15-9-5-4-8-14(15)11-21-12-16(20)19-18-10-13-6-2-1-3-7-13/h1-10H,11-12H2,(H,19,20)/b18-10-. The fourth-order valence-electron chi connectivity index (χ4n) is 1.62. The molecule has 0 spiro atoms. The molecule has 0 saturated heterocycles. The van der Waals surface area contributed by atoms with Gasteiger partial charge in [-0.15, -0.1) is 11.8 Å². The molecule has 1 N–H and O–H groups in total. The van der Waals surface area contributed by atoms with Crippen LogP contribution in [0.2, 0.25) is 5.02 Å². The lowest BCUT2D eigenvalue weighted by atomic mass is 10.2. The molecule has 0 aromatic heterocycles. The van der Waals surface area contributed by atoms with Gasteiger partial charge in [0, 0.05) is 10.8 Å². The Balaban J connectivity index is 1.71. The molecule has 2 aromatic rings. The first-order chi connectivity index (χ1) is 10.3. The Hall–Kier alpha value is -1.78. The summed E-state index contributed by atoms with van der Waals surface area (Å²) in [7, 11) is 0. The maximum Gasteiger partial charge on any atom is 0.250 e. The summed E-state index contributed by atoms with van der Waals surface area (Å²) in [5, 5.41) is 4.65. The van der Waals surface area contributed by atoms with Gasteiger partial charge in [-0.25, -0.2) is 5.43 Å². The normalized spacial score (nSPS) is 10.7. The lowest BCUT2D eigenvalue weighted by Crippen LogP contribution is -2.19. The Morgan fingerprint density at radius 1 is 1.14 bits per heavy atom. The number of hydrazone groups is 1. The van der Waals surface area contributed by atoms with E-state index in [1.807, 2.05) is 54.6 Å². The minimum atomic E-state index is -0.126. The number of halogens is 1. The van der Waals surface area contributed by atoms with Crippen molar-refractivity contribution in [1.82, 2.24) is 5.43 Å². The van der Waals surface area contributed by atoms with Gasteiger partial charge in [0.15, 0.2) is 0 Å². The molecule has 0 aliphatic rings. The van der Waals surface area contributed by atoms with Crippen LogP contribution in [0.3, 0.4) is 0 Å². The highest BCUT2D eigenvalue weighted by Crippen LogP contribution is 2.20. The van der Waals surface area contributed by atoms with Gasteiger partial charge < -0.3 is 0 Å². The number of nitrogens with zero attached hydrogens (tertiary/aromatic N) is 1. The summed E-state index contributed by atoms with van der Waals surface area (Å²) in [6, 6.07) is 17.2. The van der Waals surface area contributed by atoms with Crippen molar-refractivity contribution in [2.24, 2.45) is 5.10 Å². The molecule has 2 rings (SSSR count). The van der Waals surface area contributed by atoms with Crippen molar-refractivity contribution >= 4 is 35.5 Å². The van der Waals surface area contributed by atoms with E-state index in [1.165, 1.54) is 11.8 Å². The third kappa shape index (κ3) is 5.61. The van der Waals surface area contributed by atoms with Crippen molar-refractivity contribution in [2.75, 3.05) is 5.75 Å². The van der Waals surface area contributed by atoms with Crippen molar-refractivity contribution in [3.8, 4) is 0 Å². The maximum atomic E-state index is 11.6. The zero-order valence-electron chi connectivity index (χ0n) is 11.3. The molecular formula is C16H15ClN2OS. The van der Waals surface area contributed by atoms with Gasteiger partial charge in [0.1, 0.15) is 0 Å². The van der Waals surface area contributed by atoms with Gasteiger partial charge in [-0.05, 0) is 17.2 Å². The van der Waals surface area contributed by atoms with Gasteiger partial charge in [0.2, 0.25) is 5.91 Å². The smallest absolute Gasteiger partial charge is 0.250 e. The van der Waals surface area contributed by atoms with Gasteiger partial charge in [-0.1, -0.05) is 60.1 Å². The van der Waals surface area contributed by atoms with Crippen LogP contribution < -0.4 is 5.43 Å². The second-order valence-electron chi connectivity index (χ2n) is 4.29. The Morgan fingerprint density at radius 3 is 2.62 bits per heavy atom. The van der Waals surface area contributed by atoms with Crippen LogP contribution in [0.15, 0.2) is 59.7 Å². The quantitative estimate of drug-likeness (QED) is 0.651. The maximum absolute atomic E-state index is 11.6. The minimum absolute atomic E-state index is 0.126. The predicted octanol–water partition coefficient (Wildman–Crippen LogP) is 3.72. The lowest BCUT2D eigenvalue weighted by molar-refractivity contribution is -0.118. The Labute approximate surface area is 133 Å². The predicted molar refractivity (Wildman–Crippen MR) is 89.8 cm³/mol. The summed E-state index contributed by atoms with van der Waals surface area (Å²) in [5.41, 5.74) is 4.49. The van der Waals surface area contributed by atoms with E-state index >= 15 is 0 Å². The molecule has 0 fully saturated rings. The van der Waals surface area contributed by atoms with Gasteiger partial charge >= 0.3 is 0 Å². The highest BCUT2D eigenvalue weighted by atomic mass is 35.5. The SMILES string of the molecule is O=C(CSCc1ccccc1Cl)N/N=C\c1ccccc1. The number of benzene rings is 2. The third-order valence-electron chi connectivity index (χ3n) is 2.65. The first-order valence-corrected chi connectivity index (χ1v) is 7.97. The van der Waals surface area contributed by atoms with E-state index in [0.717, 1.165) is 16.1 Å². The van der Waals surface area contributed by atoms with Gasteiger partial charge in [-0.2, -0.15) is 5.10 Å². The topological polar surface area (TPSA) is 41.5 Å². The van der Waals surface area contributed by atoms with Crippen molar-refractivity contribution in [2.45, 2.75) is 5.75 Å². The molecule has 0 saturated carbocycles. The highest BCUT2D eigenvalue weighted by molar-refractivity contribution is 7.99. The van der Waals surface area contributed by atoms with Gasteiger partial charge in [0.05, 0.1) is 12.0 Å². The van der Waals surface area contributed by atoms with E-state index in [4.69, 9.17) is 11.6 Å². The average Bonchev–Trinajstić information content (AvgIpc) is 2.50. The van der Waals surface area contributed by atoms with Crippen molar-refractivity contribution < 1.29 is 4.79 Å². The van der Waals surface area contributed by atoms with Crippen molar-refractivity contribution in [3.05, 3.63) is 70.7 Å². The molecular weight excluding hydrogens is 304 g/mol.